The van der Waals surface area contributed by atoms with E-state index < -0.39 is 18.2 Å². The smallest absolute Gasteiger partial charge is 0.319 e. The van der Waals surface area contributed by atoms with Crippen molar-refractivity contribution in [3.05, 3.63) is 30.5 Å². The number of carbonyl (C=O) groups excluding carboxylic acids is 1. The summed E-state index contributed by atoms with van der Waals surface area (Å²) in [6, 6.07) is 6.34. The predicted molar refractivity (Wildman–Crippen MR) is 121 cm³/mol. The molecular formula is C20H22FN9O. The molecule has 0 bridgehead atoms. The van der Waals surface area contributed by atoms with Gasteiger partial charge in [-0.15, -0.1) is 0 Å². The zero-order valence-electron chi connectivity index (χ0n) is 17.1. The molecule has 1 fully saturated rings. The van der Waals surface area contributed by atoms with Crippen molar-refractivity contribution in [3.63, 3.8) is 0 Å². The highest BCUT2D eigenvalue weighted by atomic mass is 19.1. The van der Waals surface area contributed by atoms with E-state index in [4.69, 9.17) is 0 Å². The van der Waals surface area contributed by atoms with Crippen LogP contribution in [0.3, 0.4) is 0 Å². The summed E-state index contributed by atoms with van der Waals surface area (Å²) >= 11 is 0. The molecule has 10 nitrogen and oxygen atoms in total. The fourth-order valence-electron chi connectivity index (χ4n) is 3.10. The van der Waals surface area contributed by atoms with Crippen LogP contribution in [0, 0.1) is 0 Å². The van der Waals surface area contributed by atoms with E-state index in [-0.39, 0.29) is 0 Å². The molecule has 0 aliphatic heterocycles. The van der Waals surface area contributed by atoms with Crippen LogP contribution in [0.1, 0.15) is 13.3 Å². The van der Waals surface area contributed by atoms with Gasteiger partial charge in [0.2, 0.25) is 0 Å². The first-order valence-corrected chi connectivity index (χ1v) is 9.67. The van der Waals surface area contributed by atoms with Crippen molar-refractivity contribution in [2.24, 2.45) is 9.98 Å². The maximum atomic E-state index is 13.1. The number of benzene rings is 1. The molecule has 160 valence electrons. The zero-order chi connectivity index (χ0) is 22.0. The van der Waals surface area contributed by atoms with Crippen LogP contribution in [-0.4, -0.2) is 52.8 Å². The van der Waals surface area contributed by atoms with Crippen molar-refractivity contribution >= 4 is 59.0 Å². The second-order valence-corrected chi connectivity index (χ2v) is 6.87. The summed E-state index contributed by atoms with van der Waals surface area (Å²) in [7, 11) is 1.75. The highest BCUT2D eigenvalue weighted by Crippen LogP contribution is 2.37. The molecule has 31 heavy (non-hydrogen) atoms. The summed E-state index contributed by atoms with van der Waals surface area (Å²) in [5.41, 5.74) is 2.76. The summed E-state index contributed by atoms with van der Waals surface area (Å²) in [5, 5.41) is 15.8. The van der Waals surface area contributed by atoms with Gasteiger partial charge in [0.1, 0.15) is 29.2 Å². The molecule has 0 radical (unpaired) electrons. The lowest BCUT2D eigenvalue weighted by Gasteiger charge is -2.13. The molecule has 11 heteroatoms. The molecule has 4 N–H and O–H groups in total. The molecule has 3 aromatic rings. The number of amides is 2. The Bertz CT molecular complexity index is 1170. The molecule has 0 spiro atoms. The van der Waals surface area contributed by atoms with Gasteiger partial charge in [-0.25, -0.2) is 14.2 Å². The van der Waals surface area contributed by atoms with Gasteiger partial charge < -0.3 is 21.3 Å². The quantitative estimate of drug-likeness (QED) is 0.431. The molecule has 2 atom stereocenters. The third kappa shape index (κ3) is 4.15. The van der Waals surface area contributed by atoms with Crippen LogP contribution < -0.4 is 21.3 Å². The van der Waals surface area contributed by atoms with Crippen LogP contribution in [0.5, 0.6) is 0 Å². The van der Waals surface area contributed by atoms with Crippen molar-refractivity contribution in [3.8, 4) is 0 Å². The Labute approximate surface area is 177 Å². The number of hydrogen-bond acceptors (Lipinski definition) is 7. The van der Waals surface area contributed by atoms with Gasteiger partial charge in [0.25, 0.3) is 0 Å². The van der Waals surface area contributed by atoms with Crippen LogP contribution in [0.15, 0.2) is 40.4 Å². The van der Waals surface area contributed by atoms with E-state index in [1.807, 2.05) is 25.1 Å². The third-order valence-electron chi connectivity index (χ3n) is 4.71. The molecule has 2 aromatic heterocycles. The maximum absolute atomic E-state index is 13.1. The van der Waals surface area contributed by atoms with E-state index in [2.05, 4.69) is 48.1 Å². The number of nitrogens with one attached hydrogen (secondary N) is 4. The number of halogens is 1. The van der Waals surface area contributed by atoms with E-state index in [1.54, 1.807) is 23.8 Å². The zero-order valence-corrected chi connectivity index (χ0v) is 17.1. The van der Waals surface area contributed by atoms with Gasteiger partial charge in [0, 0.05) is 25.7 Å². The van der Waals surface area contributed by atoms with E-state index in [0.29, 0.717) is 46.5 Å². The maximum Gasteiger partial charge on any atom is 0.319 e. The molecule has 1 saturated carbocycles. The number of para-hydroxylation sites is 1. The van der Waals surface area contributed by atoms with Crippen LogP contribution in [0.4, 0.5) is 43.6 Å². The number of alkyl halides is 1. The number of hydrogen-bond donors (Lipinski definition) is 4. The Kier molecular flexibility index (Phi) is 5.48. The van der Waals surface area contributed by atoms with Gasteiger partial charge in [0.05, 0.1) is 23.6 Å². The lowest BCUT2D eigenvalue weighted by molar-refractivity contribution is 0.250. The van der Waals surface area contributed by atoms with E-state index >= 15 is 0 Å². The van der Waals surface area contributed by atoms with Gasteiger partial charge in [0.15, 0.2) is 5.65 Å². The van der Waals surface area contributed by atoms with Crippen LogP contribution in [-0.2, 0) is 0 Å². The summed E-state index contributed by atoms with van der Waals surface area (Å²) < 4.78 is 14.6. The normalized spacial score (nSPS) is 17.5. The molecule has 4 rings (SSSR count). The van der Waals surface area contributed by atoms with E-state index in [1.165, 1.54) is 6.20 Å². The Morgan fingerprint density at radius 2 is 2.19 bits per heavy atom. The van der Waals surface area contributed by atoms with Gasteiger partial charge in [-0.05, 0) is 25.8 Å². The first kappa shape index (κ1) is 20.3. The highest BCUT2D eigenvalue weighted by molar-refractivity contribution is 5.94. The van der Waals surface area contributed by atoms with Crippen molar-refractivity contribution in [1.29, 1.82) is 0 Å². The number of aliphatic imine (C=N–C) groups is 2. The molecule has 2 amide bonds. The predicted octanol–water partition coefficient (Wildman–Crippen LogP) is 3.80. The highest BCUT2D eigenvalue weighted by Gasteiger charge is 2.38. The van der Waals surface area contributed by atoms with Gasteiger partial charge >= 0.3 is 6.03 Å². The van der Waals surface area contributed by atoms with Crippen molar-refractivity contribution in [1.82, 2.24) is 19.9 Å². The van der Waals surface area contributed by atoms with Crippen LogP contribution in [0.2, 0.25) is 0 Å². The van der Waals surface area contributed by atoms with Crippen molar-refractivity contribution < 1.29 is 9.18 Å². The third-order valence-corrected chi connectivity index (χ3v) is 4.71. The molecule has 1 aliphatic rings. The van der Waals surface area contributed by atoms with Gasteiger partial charge in [-0.3, -0.25) is 9.98 Å². The monoisotopic (exact) mass is 423 g/mol. The molecule has 0 unspecified atom stereocenters. The van der Waals surface area contributed by atoms with E-state index in [9.17, 15) is 9.18 Å². The largest absolute Gasteiger partial charge is 0.373 e. The molecule has 1 aromatic carbocycles. The first-order valence-electron chi connectivity index (χ1n) is 9.67. The number of anilines is 4. The Morgan fingerprint density at radius 1 is 1.39 bits per heavy atom. The minimum Gasteiger partial charge on any atom is -0.373 e. The molecular weight excluding hydrogens is 401 g/mol. The molecule has 1 aliphatic carbocycles. The van der Waals surface area contributed by atoms with Gasteiger partial charge in [-0.1, -0.05) is 6.07 Å². The Morgan fingerprint density at radius 3 is 2.87 bits per heavy atom. The minimum absolute atomic E-state index is 0.333. The van der Waals surface area contributed by atoms with Gasteiger partial charge in [-0.2, -0.15) is 9.61 Å². The van der Waals surface area contributed by atoms with Crippen molar-refractivity contribution in [2.45, 2.75) is 25.6 Å². The average Bonchev–Trinajstić information content (AvgIpc) is 3.30. The number of fused-ring (bicyclic) bond motifs is 1. The molecule has 2 heterocycles. The summed E-state index contributed by atoms with van der Waals surface area (Å²) in [6.07, 6.45) is 2.51. The summed E-state index contributed by atoms with van der Waals surface area (Å²) in [6.45, 7) is 5.41. The number of carbonyl (C=O) groups is 1. The number of aromatic nitrogens is 3. The number of nitrogens with zero attached hydrogens (tertiary/aromatic N) is 5. The fraction of sp³-hybridized carbons (Fsp3) is 0.250. The van der Waals surface area contributed by atoms with Crippen molar-refractivity contribution in [2.75, 3.05) is 23.0 Å². The Balaban J connectivity index is 1.67. The number of rotatable bonds is 7. The lowest BCUT2D eigenvalue weighted by Crippen LogP contribution is -2.31. The second kappa shape index (κ2) is 8.38. The topological polar surface area (TPSA) is 120 Å². The fourth-order valence-corrected chi connectivity index (χ4v) is 3.10. The van der Waals surface area contributed by atoms with Crippen LogP contribution in [0.25, 0.3) is 5.65 Å². The lowest BCUT2D eigenvalue weighted by atomic mass is 10.2. The summed E-state index contributed by atoms with van der Waals surface area (Å²) in [4.78, 5) is 25.1. The average molecular weight is 423 g/mol. The Hall–Kier alpha value is -4.02. The van der Waals surface area contributed by atoms with Crippen LogP contribution >= 0.6 is 0 Å². The first-order chi connectivity index (χ1) is 15.0. The number of urea groups is 1. The standard InChI is InChI=1S/C20H22FN9O/c1-4-24-18-12(22-2)6-5-7-13(18)26-16-9-17(23-3)30-19(29-16)15(10-25-30)28-20(31)27-14-8-11(14)21/h4-7,9-11,14,23H,2,8H2,1,3H3,(H,26,29)(H2,27,28,31)/t11-,14+/m0/s1. The van der Waals surface area contributed by atoms with E-state index in [0.717, 1.165) is 0 Å². The SMILES string of the molecule is C=Nc1cccc(Nc2cc(NC)n3ncc(NC(=O)N[C@@H]4C[C@@H]4F)c3n2)c1N=CC. The molecule has 0 saturated heterocycles. The minimum atomic E-state index is -0.986. The second-order valence-electron chi connectivity index (χ2n) is 6.87. The summed E-state index contributed by atoms with van der Waals surface area (Å²) in [5.74, 6) is 1.14.